The van der Waals surface area contributed by atoms with E-state index < -0.39 is 17.6 Å². The summed E-state index contributed by atoms with van der Waals surface area (Å²) in [5.41, 5.74) is 0.791. The highest BCUT2D eigenvalue weighted by Gasteiger charge is 2.34. The number of aromatic nitrogens is 1. The molecule has 0 bridgehead atoms. The third-order valence-electron chi connectivity index (χ3n) is 4.00. The molecular formula is C19H12F3N3OS. The number of halogens is 3. The van der Waals surface area contributed by atoms with Gasteiger partial charge in [-0.2, -0.15) is 18.2 Å². The van der Waals surface area contributed by atoms with E-state index in [1.54, 1.807) is 12.3 Å². The van der Waals surface area contributed by atoms with Crippen molar-refractivity contribution in [3.63, 3.8) is 0 Å². The topological polar surface area (TPSA) is 57.2 Å². The molecule has 8 heteroatoms. The van der Waals surface area contributed by atoms with Gasteiger partial charge in [0.05, 0.1) is 16.2 Å². The Bertz CT molecular complexity index is 1100. The minimum atomic E-state index is -4.50. The number of fused-ring (bicyclic) bond motifs is 1. The maximum Gasteiger partial charge on any atom is 0.418 e. The average Bonchev–Trinajstić information content (AvgIpc) is 3.19. The number of amidine groups is 1. The Balaban J connectivity index is 1.59. The molecule has 1 amide bonds. The van der Waals surface area contributed by atoms with Crippen molar-refractivity contribution in [2.24, 2.45) is 4.99 Å². The van der Waals surface area contributed by atoms with E-state index in [0.717, 1.165) is 34.3 Å². The van der Waals surface area contributed by atoms with Crippen molar-refractivity contribution in [1.82, 2.24) is 4.98 Å². The first kappa shape index (κ1) is 17.4. The van der Waals surface area contributed by atoms with E-state index >= 15 is 0 Å². The highest BCUT2D eigenvalue weighted by molar-refractivity contribution is 8.18. The maximum atomic E-state index is 13.1. The van der Waals surface area contributed by atoms with Gasteiger partial charge in [-0.15, -0.1) is 0 Å². The second-order valence-corrected chi connectivity index (χ2v) is 6.82. The fourth-order valence-electron chi connectivity index (χ4n) is 2.77. The van der Waals surface area contributed by atoms with Crippen molar-refractivity contribution in [2.45, 2.75) is 6.18 Å². The van der Waals surface area contributed by atoms with Crippen molar-refractivity contribution in [2.75, 3.05) is 5.32 Å². The first-order valence-corrected chi connectivity index (χ1v) is 8.75. The molecule has 1 aliphatic heterocycles. The number of H-pyrrole nitrogens is 1. The van der Waals surface area contributed by atoms with Crippen molar-refractivity contribution in [3.8, 4) is 0 Å². The van der Waals surface area contributed by atoms with E-state index in [1.807, 2.05) is 24.3 Å². The van der Waals surface area contributed by atoms with Crippen LogP contribution < -0.4 is 5.32 Å². The molecule has 0 aliphatic carbocycles. The lowest BCUT2D eigenvalue weighted by Gasteiger charge is -2.13. The zero-order valence-electron chi connectivity index (χ0n) is 13.7. The molecular weight excluding hydrogens is 375 g/mol. The Kier molecular flexibility index (Phi) is 4.27. The third kappa shape index (κ3) is 3.48. The summed E-state index contributed by atoms with van der Waals surface area (Å²) in [7, 11) is 0. The molecule has 4 nitrogen and oxygen atoms in total. The SMILES string of the molecule is O=C1N=C(Nc2ccccc2C(F)(F)F)S/C1=C\c1c[nH]c2ccccc12. The highest BCUT2D eigenvalue weighted by atomic mass is 32.2. The lowest BCUT2D eigenvalue weighted by atomic mass is 10.1. The molecule has 27 heavy (non-hydrogen) atoms. The van der Waals surface area contributed by atoms with E-state index in [4.69, 9.17) is 0 Å². The minimum Gasteiger partial charge on any atom is -0.361 e. The number of aliphatic imine (C=N–C) groups is 1. The van der Waals surface area contributed by atoms with Crippen LogP contribution in [0.5, 0.6) is 0 Å². The van der Waals surface area contributed by atoms with Gasteiger partial charge >= 0.3 is 6.18 Å². The van der Waals surface area contributed by atoms with Crippen LogP contribution >= 0.6 is 11.8 Å². The molecule has 0 saturated heterocycles. The molecule has 0 unspecified atom stereocenters. The highest BCUT2D eigenvalue weighted by Crippen LogP contribution is 2.37. The predicted molar refractivity (Wildman–Crippen MR) is 101 cm³/mol. The summed E-state index contributed by atoms with van der Waals surface area (Å²) in [4.78, 5) is 19.5. The van der Waals surface area contributed by atoms with Crippen LogP contribution in [0.25, 0.3) is 17.0 Å². The summed E-state index contributed by atoms with van der Waals surface area (Å²) in [5.74, 6) is -0.489. The van der Waals surface area contributed by atoms with Crippen LogP contribution in [0.1, 0.15) is 11.1 Å². The van der Waals surface area contributed by atoms with E-state index in [-0.39, 0.29) is 10.9 Å². The average molecular weight is 387 g/mol. The van der Waals surface area contributed by atoms with Crippen LogP contribution in [0, 0.1) is 0 Å². The quantitative estimate of drug-likeness (QED) is 0.589. The Hall–Kier alpha value is -3.00. The summed E-state index contributed by atoms with van der Waals surface area (Å²) in [6, 6.07) is 12.7. The van der Waals surface area contributed by atoms with E-state index in [2.05, 4.69) is 15.3 Å². The van der Waals surface area contributed by atoms with Crippen LogP contribution in [0.3, 0.4) is 0 Å². The molecule has 1 aromatic heterocycles. The van der Waals surface area contributed by atoms with E-state index in [0.29, 0.717) is 4.91 Å². The molecule has 2 aromatic carbocycles. The number of hydrogen-bond donors (Lipinski definition) is 2. The number of benzene rings is 2. The molecule has 4 rings (SSSR count). The first-order valence-electron chi connectivity index (χ1n) is 7.94. The Morgan fingerprint density at radius 2 is 1.81 bits per heavy atom. The number of para-hydroxylation sites is 2. The fraction of sp³-hybridized carbons (Fsp3) is 0.0526. The van der Waals surface area contributed by atoms with E-state index in [1.165, 1.54) is 18.2 Å². The fourth-order valence-corrected chi connectivity index (χ4v) is 3.59. The molecule has 1 aliphatic rings. The molecule has 0 fully saturated rings. The van der Waals surface area contributed by atoms with Crippen LogP contribution in [0.15, 0.2) is 64.6 Å². The van der Waals surface area contributed by atoms with Gasteiger partial charge in [-0.25, -0.2) is 0 Å². The number of nitrogens with one attached hydrogen (secondary N) is 2. The van der Waals surface area contributed by atoms with Gasteiger partial charge in [-0.05, 0) is 36.0 Å². The Labute approximate surface area is 156 Å². The number of amides is 1. The second kappa shape index (κ2) is 6.62. The number of rotatable bonds is 2. The monoisotopic (exact) mass is 387 g/mol. The zero-order valence-corrected chi connectivity index (χ0v) is 14.5. The summed E-state index contributed by atoms with van der Waals surface area (Å²) in [6.07, 6.45) is -1.05. The van der Waals surface area contributed by atoms with Crippen LogP contribution in [-0.4, -0.2) is 16.1 Å². The lowest BCUT2D eigenvalue weighted by Crippen LogP contribution is -2.13. The number of aromatic amines is 1. The molecule has 2 heterocycles. The van der Waals surface area contributed by atoms with Crippen molar-refractivity contribution in [1.29, 1.82) is 0 Å². The second-order valence-electron chi connectivity index (χ2n) is 5.79. The Morgan fingerprint density at radius 1 is 1.07 bits per heavy atom. The van der Waals surface area contributed by atoms with Gasteiger partial charge in [0.15, 0.2) is 5.17 Å². The number of nitrogens with zero attached hydrogens (tertiary/aromatic N) is 1. The van der Waals surface area contributed by atoms with Gasteiger partial charge in [0.1, 0.15) is 0 Å². The van der Waals surface area contributed by atoms with Crippen molar-refractivity contribution >= 4 is 45.5 Å². The van der Waals surface area contributed by atoms with Gasteiger partial charge in [-0.1, -0.05) is 30.3 Å². The molecule has 3 aromatic rings. The maximum absolute atomic E-state index is 13.1. The number of alkyl halides is 3. The largest absolute Gasteiger partial charge is 0.418 e. The molecule has 2 N–H and O–H groups in total. The summed E-state index contributed by atoms with van der Waals surface area (Å²) < 4.78 is 39.3. The van der Waals surface area contributed by atoms with Crippen LogP contribution in [-0.2, 0) is 11.0 Å². The smallest absolute Gasteiger partial charge is 0.361 e. The minimum absolute atomic E-state index is 0.114. The van der Waals surface area contributed by atoms with Crippen molar-refractivity contribution in [3.05, 3.63) is 70.8 Å². The van der Waals surface area contributed by atoms with Gasteiger partial charge in [0.25, 0.3) is 5.91 Å². The van der Waals surface area contributed by atoms with Crippen LogP contribution in [0.2, 0.25) is 0 Å². The van der Waals surface area contributed by atoms with E-state index in [9.17, 15) is 18.0 Å². The summed E-state index contributed by atoms with van der Waals surface area (Å²) in [6.45, 7) is 0. The molecule has 0 spiro atoms. The number of hydrogen-bond acceptors (Lipinski definition) is 3. The van der Waals surface area contributed by atoms with Gasteiger partial charge < -0.3 is 10.3 Å². The number of thioether (sulfide) groups is 1. The standard InChI is InChI=1S/C19H12F3N3OS/c20-19(21,22)13-6-2-4-8-15(13)24-18-25-17(26)16(27-18)9-11-10-23-14-7-3-1-5-12(11)14/h1-10,23H,(H,24,25,26)/b16-9-. The summed E-state index contributed by atoms with van der Waals surface area (Å²) in [5, 5.41) is 3.68. The number of anilines is 1. The zero-order chi connectivity index (χ0) is 19.0. The molecule has 0 radical (unpaired) electrons. The molecule has 0 saturated carbocycles. The summed E-state index contributed by atoms with van der Waals surface area (Å²) >= 11 is 1.01. The normalized spacial score (nSPS) is 16.2. The lowest BCUT2D eigenvalue weighted by molar-refractivity contribution is -0.136. The predicted octanol–water partition coefficient (Wildman–Crippen LogP) is 5.27. The molecule has 136 valence electrons. The van der Waals surface area contributed by atoms with Crippen molar-refractivity contribution < 1.29 is 18.0 Å². The van der Waals surface area contributed by atoms with Gasteiger partial charge in [0, 0.05) is 22.7 Å². The van der Waals surface area contributed by atoms with Gasteiger partial charge in [-0.3, -0.25) is 4.79 Å². The first-order chi connectivity index (χ1) is 12.9. The van der Waals surface area contributed by atoms with Crippen LogP contribution in [0.4, 0.5) is 18.9 Å². The number of carbonyl (C=O) groups is 1. The Morgan fingerprint density at radius 3 is 2.63 bits per heavy atom. The van der Waals surface area contributed by atoms with Gasteiger partial charge in [0.2, 0.25) is 0 Å². The number of carbonyl (C=O) groups excluding carboxylic acids is 1. The third-order valence-corrected chi connectivity index (χ3v) is 4.90. The molecule has 0 atom stereocenters.